The monoisotopic (exact) mass is 392 g/mol. The van der Waals surface area contributed by atoms with E-state index >= 15 is 0 Å². The number of aryl methyl sites for hydroxylation is 2. The molecule has 128 valence electrons. The van der Waals surface area contributed by atoms with Crippen LogP contribution in [0.2, 0.25) is 0 Å². The fraction of sp³-hybridized carbons (Fsp3) is 0.316. The average Bonchev–Trinajstić information content (AvgIpc) is 2.56. The first-order valence-electron chi connectivity index (χ1n) is 7.65. The summed E-state index contributed by atoms with van der Waals surface area (Å²) in [6.07, 6.45) is 0.887. The zero-order chi connectivity index (χ0) is 17.5. The first-order valence-corrected chi connectivity index (χ1v) is 8.57. The van der Waals surface area contributed by atoms with Gasteiger partial charge in [0.25, 0.3) is 0 Å². The summed E-state index contributed by atoms with van der Waals surface area (Å²) in [6, 6.07) is 11.3. The molecule has 0 amide bonds. The van der Waals surface area contributed by atoms with Crippen LogP contribution < -0.4 is 9.47 Å². The third-order valence-electron chi connectivity index (χ3n) is 3.58. The molecule has 0 aliphatic heterocycles. The van der Waals surface area contributed by atoms with Crippen LogP contribution in [-0.4, -0.2) is 26.6 Å². The van der Waals surface area contributed by atoms with E-state index in [-0.39, 0.29) is 4.83 Å². The summed E-state index contributed by atoms with van der Waals surface area (Å²) < 4.78 is 16.4. The lowest BCUT2D eigenvalue weighted by molar-refractivity contribution is -0.107. The van der Waals surface area contributed by atoms with Gasteiger partial charge in [0.1, 0.15) is 30.1 Å². The van der Waals surface area contributed by atoms with Crippen molar-refractivity contribution in [3.8, 4) is 17.2 Å². The maximum atomic E-state index is 11.0. The van der Waals surface area contributed by atoms with Crippen LogP contribution in [0.3, 0.4) is 0 Å². The minimum atomic E-state index is -0.296. The Balaban J connectivity index is 2.09. The van der Waals surface area contributed by atoms with Crippen LogP contribution in [0.4, 0.5) is 0 Å². The summed E-state index contributed by atoms with van der Waals surface area (Å²) in [5.41, 5.74) is 3.01. The van der Waals surface area contributed by atoms with Gasteiger partial charge in [-0.1, -0.05) is 15.9 Å². The second-order valence-electron chi connectivity index (χ2n) is 5.42. The molecule has 0 radical (unpaired) electrons. The largest absolute Gasteiger partial charge is 0.491 e. The van der Waals surface area contributed by atoms with E-state index in [1.807, 2.05) is 50.2 Å². The lowest BCUT2D eigenvalue weighted by atomic mass is 10.00. The molecule has 0 saturated heterocycles. The van der Waals surface area contributed by atoms with Gasteiger partial charge in [-0.2, -0.15) is 0 Å². The third-order valence-corrected chi connectivity index (χ3v) is 4.25. The number of ether oxygens (including phenoxy) is 3. The van der Waals surface area contributed by atoms with Gasteiger partial charge >= 0.3 is 0 Å². The van der Waals surface area contributed by atoms with Crippen molar-refractivity contribution in [2.24, 2.45) is 0 Å². The van der Waals surface area contributed by atoms with Crippen LogP contribution >= 0.6 is 15.9 Å². The van der Waals surface area contributed by atoms with Crippen molar-refractivity contribution in [2.75, 3.05) is 20.3 Å². The Labute approximate surface area is 150 Å². The van der Waals surface area contributed by atoms with E-state index in [0.29, 0.717) is 13.2 Å². The number of methoxy groups -OCH3 is 1. The number of alkyl halides is 1. The minimum absolute atomic E-state index is 0.296. The van der Waals surface area contributed by atoms with Crippen LogP contribution in [0.1, 0.15) is 21.5 Å². The highest BCUT2D eigenvalue weighted by atomic mass is 79.9. The van der Waals surface area contributed by atoms with Crippen molar-refractivity contribution in [2.45, 2.75) is 18.7 Å². The van der Waals surface area contributed by atoms with Crippen LogP contribution in [0.15, 0.2) is 36.4 Å². The maximum Gasteiger partial charge on any atom is 0.138 e. The van der Waals surface area contributed by atoms with E-state index in [4.69, 9.17) is 14.2 Å². The summed E-state index contributed by atoms with van der Waals surface area (Å²) in [6.45, 7) is 5.01. The van der Waals surface area contributed by atoms with Crippen molar-refractivity contribution in [1.29, 1.82) is 0 Å². The van der Waals surface area contributed by atoms with Gasteiger partial charge in [0.15, 0.2) is 0 Å². The van der Waals surface area contributed by atoms with Gasteiger partial charge in [0.05, 0.1) is 11.4 Å². The number of hydrogen-bond donors (Lipinski definition) is 0. The summed E-state index contributed by atoms with van der Waals surface area (Å²) in [4.78, 5) is 10.7. The SMILES string of the molecule is COCCOc1ccc(Oc2cc(C)c(C(Br)C=O)c(C)c2)cc1. The van der Waals surface area contributed by atoms with Gasteiger partial charge < -0.3 is 19.0 Å². The molecule has 2 rings (SSSR count). The standard InChI is InChI=1S/C19H21BrO4/c1-13-10-17(11-14(2)19(13)18(20)12-21)24-16-6-4-15(5-7-16)23-9-8-22-3/h4-7,10-12,18H,8-9H2,1-3H3. The highest BCUT2D eigenvalue weighted by Gasteiger charge is 2.14. The normalized spacial score (nSPS) is 11.8. The molecule has 0 aromatic heterocycles. The van der Waals surface area contributed by atoms with E-state index < -0.39 is 0 Å². The quantitative estimate of drug-likeness (QED) is 0.369. The van der Waals surface area contributed by atoms with E-state index in [1.54, 1.807) is 7.11 Å². The van der Waals surface area contributed by atoms with E-state index in [1.165, 1.54) is 0 Å². The molecule has 2 aromatic rings. The molecule has 0 aliphatic rings. The molecular weight excluding hydrogens is 372 g/mol. The van der Waals surface area contributed by atoms with Crippen molar-refractivity contribution < 1.29 is 19.0 Å². The molecule has 1 unspecified atom stereocenters. The molecule has 0 N–H and O–H groups in total. The van der Waals surface area contributed by atoms with Crippen molar-refractivity contribution >= 4 is 22.2 Å². The maximum absolute atomic E-state index is 11.0. The van der Waals surface area contributed by atoms with Gasteiger partial charge in [-0.3, -0.25) is 0 Å². The zero-order valence-electron chi connectivity index (χ0n) is 14.0. The smallest absolute Gasteiger partial charge is 0.138 e. The molecule has 24 heavy (non-hydrogen) atoms. The van der Waals surface area contributed by atoms with Gasteiger partial charge in [-0.05, 0) is 66.9 Å². The Bertz CT molecular complexity index is 659. The summed E-state index contributed by atoms with van der Waals surface area (Å²) in [5, 5.41) is 0. The third kappa shape index (κ3) is 4.82. The van der Waals surface area contributed by atoms with Crippen LogP contribution in [-0.2, 0) is 9.53 Å². The number of aldehydes is 1. The van der Waals surface area contributed by atoms with E-state index in [2.05, 4.69) is 15.9 Å². The van der Waals surface area contributed by atoms with Crippen molar-refractivity contribution in [3.63, 3.8) is 0 Å². The highest BCUT2D eigenvalue weighted by Crippen LogP contribution is 2.32. The van der Waals surface area contributed by atoms with Crippen molar-refractivity contribution in [3.05, 3.63) is 53.1 Å². The van der Waals surface area contributed by atoms with Gasteiger partial charge in [0.2, 0.25) is 0 Å². The van der Waals surface area contributed by atoms with Crippen molar-refractivity contribution in [1.82, 2.24) is 0 Å². The Morgan fingerprint density at radius 3 is 2.12 bits per heavy atom. The second kappa shape index (κ2) is 8.85. The molecule has 0 aliphatic carbocycles. The first kappa shape index (κ1) is 18.5. The van der Waals surface area contributed by atoms with E-state index in [0.717, 1.165) is 40.2 Å². The van der Waals surface area contributed by atoms with Gasteiger partial charge in [-0.25, -0.2) is 0 Å². The Kier molecular flexibility index (Phi) is 6.82. The fourth-order valence-corrected chi connectivity index (χ4v) is 3.20. The molecule has 0 heterocycles. The molecule has 0 spiro atoms. The molecule has 0 saturated carbocycles. The average molecular weight is 393 g/mol. The molecule has 1 atom stereocenters. The summed E-state index contributed by atoms with van der Waals surface area (Å²) in [7, 11) is 1.64. The predicted octanol–water partition coefficient (Wildman–Crippen LogP) is 4.76. The second-order valence-corrected chi connectivity index (χ2v) is 6.41. The predicted molar refractivity (Wildman–Crippen MR) is 97.5 cm³/mol. The number of hydrogen-bond acceptors (Lipinski definition) is 4. The highest BCUT2D eigenvalue weighted by molar-refractivity contribution is 9.09. The number of benzene rings is 2. The number of carbonyl (C=O) groups excluding carboxylic acids is 1. The molecule has 0 bridgehead atoms. The first-order chi connectivity index (χ1) is 11.5. The lowest BCUT2D eigenvalue weighted by Crippen LogP contribution is -2.03. The number of carbonyl (C=O) groups is 1. The van der Waals surface area contributed by atoms with Gasteiger partial charge in [0, 0.05) is 7.11 Å². The minimum Gasteiger partial charge on any atom is -0.491 e. The number of halogens is 1. The topological polar surface area (TPSA) is 44.8 Å². The Morgan fingerprint density at radius 1 is 1.00 bits per heavy atom. The van der Waals surface area contributed by atoms with Crippen LogP contribution in [0.5, 0.6) is 17.2 Å². The molecular formula is C19H21BrO4. The molecule has 5 heteroatoms. The van der Waals surface area contributed by atoms with Crippen LogP contribution in [0.25, 0.3) is 0 Å². The van der Waals surface area contributed by atoms with E-state index in [9.17, 15) is 4.79 Å². The molecule has 4 nitrogen and oxygen atoms in total. The molecule has 2 aromatic carbocycles. The van der Waals surface area contributed by atoms with Crippen LogP contribution in [0, 0.1) is 13.8 Å². The van der Waals surface area contributed by atoms with Gasteiger partial charge in [-0.15, -0.1) is 0 Å². The Hall–Kier alpha value is -1.85. The number of rotatable bonds is 8. The lowest BCUT2D eigenvalue weighted by Gasteiger charge is -2.14. The summed E-state index contributed by atoms with van der Waals surface area (Å²) >= 11 is 3.38. The zero-order valence-corrected chi connectivity index (χ0v) is 15.6. The fourth-order valence-electron chi connectivity index (χ4n) is 2.48. The summed E-state index contributed by atoms with van der Waals surface area (Å²) in [5.74, 6) is 2.24. The molecule has 0 fully saturated rings. The Morgan fingerprint density at radius 2 is 1.58 bits per heavy atom.